The summed E-state index contributed by atoms with van der Waals surface area (Å²) in [5, 5.41) is 6.22. The molecule has 0 unspecified atom stereocenters. The van der Waals surface area contributed by atoms with Crippen LogP contribution in [0.3, 0.4) is 0 Å². The number of carbonyl (C=O) groups excluding carboxylic acids is 1. The third-order valence-electron chi connectivity index (χ3n) is 3.37. The number of hydrogen-bond acceptors (Lipinski definition) is 4. The molecule has 118 valence electrons. The number of amides is 1. The number of anilines is 1. The standard InChI is InChI=1S/C15H22N2O3.ClH/c1-19-9-10-20-14-4-2-3-13(11-14)17-15(18)12-5-7-16-8-6-12;/h2-4,11-12,16H,5-10H2,1H3,(H,17,18);1H. The molecule has 0 radical (unpaired) electrons. The van der Waals surface area contributed by atoms with E-state index in [2.05, 4.69) is 10.6 Å². The number of benzene rings is 1. The van der Waals surface area contributed by atoms with Crippen LogP contribution in [-0.2, 0) is 9.53 Å². The highest BCUT2D eigenvalue weighted by molar-refractivity contribution is 5.92. The van der Waals surface area contributed by atoms with Crippen molar-refractivity contribution in [2.24, 2.45) is 5.92 Å². The fourth-order valence-corrected chi connectivity index (χ4v) is 2.23. The number of nitrogens with one attached hydrogen (secondary N) is 2. The molecule has 5 nitrogen and oxygen atoms in total. The molecule has 1 heterocycles. The zero-order valence-electron chi connectivity index (χ0n) is 12.3. The van der Waals surface area contributed by atoms with Gasteiger partial charge in [-0.1, -0.05) is 6.07 Å². The van der Waals surface area contributed by atoms with Gasteiger partial charge in [0, 0.05) is 24.8 Å². The third-order valence-corrected chi connectivity index (χ3v) is 3.37. The molecule has 1 aliphatic heterocycles. The Kier molecular flexibility index (Phi) is 8.12. The monoisotopic (exact) mass is 314 g/mol. The Morgan fingerprint density at radius 2 is 2.10 bits per heavy atom. The summed E-state index contributed by atoms with van der Waals surface area (Å²) in [6.45, 7) is 2.88. The lowest BCUT2D eigenvalue weighted by atomic mass is 9.97. The fourth-order valence-electron chi connectivity index (χ4n) is 2.23. The van der Waals surface area contributed by atoms with Crippen molar-refractivity contribution in [2.45, 2.75) is 12.8 Å². The average Bonchev–Trinajstić information content (AvgIpc) is 2.49. The second-order valence-electron chi connectivity index (χ2n) is 4.88. The summed E-state index contributed by atoms with van der Waals surface area (Å²) in [4.78, 5) is 12.1. The van der Waals surface area contributed by atoms with E-state index in [1.54, 1.807) is 7.11 Å². The first-order valence-corrected chi connectivity index (χ1v) is 7.03. The van der Waals surface area contributed by atoms with E-state index in [1.165, 1.54) is 0 Å². The highest BCUT2D eigenvalue weighted by Crippen LogP contribution is 2.20. The maximum absolute atomic E-state index is 12.1. The molecule has 0 saturated carbocycles. The lowest BCUT2D eigenvalue weighted by Gasteiger charge is -2.21. The lowest BCUT2D eigenvalue weighted by Crippen LogP contribution is -2.34. The number of hydrogen-bond donors (Lipinski definition) is 2. The van der Waals surface area contributed by atoms with Crippen LogP contribution in [0.25, 0.3) is 0 Å². The van der Waals surface area contributed by atoms with Gasteiger partial charge in [-0.25, -0.2) is 0 Å². The lowest BCUT2D eigenvalue weighted by molar-refractivity contribution is -0.120. The van der Waals surface area contributed by atoms with Crippen molar-refractivity contribution in [3.05, 3.63) is 24.3 Å². The molecule has 2 N–H and O–H groups in total. The summed E-state index contributed by atoms with van der Waals surface area (Å²) in [6.07, 6.45) is 1.80. The molecule has 0 atom stereocenters. The van der Waals surface area contributed by atoms with Crippen LogP contribution in [0.1, 0.15) is 12.8 Å². The minimum atomic E-state index is 0. The molecule has 0 spiro atoms. The second-order valence-corrected chi connectivity index (χ2v) is 4.88. The second kappa shape index (κ2) is 9.60. The summed E-state index contributed by atoms with van der Waals surface area (Å²) in [5.41, 5.74) is 0.781. The largest absolute Gasteiger partial charge is 0.491 e. The number of carbonyl (C=O) groups is 1. The SMILES string of the molecule is COCCOc1cccc(NC(=O)C2CCNCC2)c1.Cl. The normalized spacial score (nSPS) is 15.1. The van der Waals surface area contributed by atoms with E-state index >= 15 is 0 Å². The minimum Gasteiger partial charge on any atom is -0.491 e. The van der Waals surface area contributed by atoms with Crippen molar-refractivity contribution in [1.82, 2.24) is 5.32 Å². The molecule has 1 amide bonds. The first-order valence-electron chi connectivity index (χ1n) is 7.03. The van der Waals surface area contributed by atoms with Crippen LogP contribution < -0.4 is 15.4 Å². The van der Waals surface area contributed by atoms with Crippen LogP contribution in [0.15, 0.2) is 24.3 Å². The summed E-state index contributed by atoms with van der Waals surface area (Å²) < 4.78 is 10.5. The summed E-state index contributed by atoms with van der Waals surface area (Å²) in [5.74, 6) is 0.944. The predicted molar refractivity (Wildman–Crippen MR) is 85.3 cm³/mol. The number of halogens is 1. The van der Waals surface area contributed by atoms with E-state index in [1.807, 2.05) is 24.3 Å². The molecule has 1 aromatic rings. The Labute approximate surface area is 131 Å². The molecule has 1 saturated heterocycles. The van der Waals surface area contributed by atoms with Gasteiger partial charge in [0.1, 0.15) is 12.4 Å². The van der Waals surface area contributed by atoms with Gasteiger partial charge >= 0.3 is 0 Å². The summed E-state index contributed by atoms with van der Waals surface area (Å²) in [6, 6.07) is 7.47. The molecular formula is C15H23ClN2O3. The maximum Gasteiger partial charge on any atom is 0.227 e. The fraction of sp³-hybridized carbons (Fsp3) is 0.533. The highest BCUT2D eigenvalue weighted by atomic mass is 35.5. The van der Waals surface area contributed by atoms with Gasteiger partial charge in [-0.3, -0.25) is 4.79 Å². The van der Waals surface area contributed by atoms with E-state index in [0.717, 1.165) is 37.4 Å². The van der Waals surface area contributed by atoms with Gasteiger partial charge in [-0.2, -0.15) is 0 Å². The number of methoxy groups -OCH3 is 1. The molecule has 0 bridgehead atoms. The Morgan fingerprint density at radius 3 is 2.81 bits per heavy atom. The van der Waals surface area contributed by atoms with Crippen LogP contribution in [0.4, 0.5) is 5.69 Å². The molecule has 6 heteroatoms. The van der Waals surface area contributed by atoms with E-state index in [9.17, 15) is 4.79 Å². The molecule has 0 aliphatic carbocycles. The van der Waals surface area contributed by atoms with Gasteiger partial charge in [-0.05, 0) is 38.1 Å². The zero-order valence-corrected chi connectivity index (χ0v) is 13.1. The number of piperidine rings is 1. The van der Waals surface area contributed by atoms with Gasteiger partial charge in [0.2, 0.25) is 5.91 Å². The number of ether oxygens (including phenoxy) is 2. The first-order chi connectivity index (χ1) is 9.79. The van der Waals surface area contributed by atoms with Crippen molar-refractivity contribution >= 4 is 24.0 Å². The van der Waals surface area contributed by atoms with Crippen LogP contribution in [0.5, 0.6) is 5.75 Å². The quantitative estimate of drug-likeness (QED) is 0.789. The van der Waals surface area contributed by atoms with Crippen LogP contribution in [-0.4, -0.2) is 39.3 Å². The zero-order chi connectivity index (χ0) is 14.2. The Bertz CT molecular complexity index is 437. The Hall–Kier alpha value is -1.30. The van der Waals surface area contributed by atoms with Crippen molar-refractivity contribution < 1.29 is 14.3 Å². The van der Waals surface area contributed by atoms with E-state index in [4.69, 9.17) is 9.47 Å². The van der Waals surface area contributed by atoms with Gasteiger partial charge < -0.3 is 20.1 Å². The number of rotatable bonds is 6. The smallest absolute Gasteiger partial charge is 0.227 e. The topological polar surface area (TPSA) is 59.6 Å². The molecule has 1 aliphatic rings. The minimum absolute atomic E-state index is 0. The molecule has 2 rings (SSSR count). The van der Waals surface area contributed by atoms with Crippen molar-refractivity contribution in [2.75, 3.05) is 38.7 Å². The van der Waals surface area contributed by atoms with Gasteiger partial charge in [0.05, 0.1) is 6.61 Å². The van der Waals surface area contributed by atoms with Crippen molar-refractivity contribution in [3.8, 4) is 5.75 Å². The molecular weight excluding hydrogens is 292 g/mol. The average molecular weight is 315 g/mol. The first kappa shape index (κ1) is 17.8. The van der Waals surface area contributed by atoms with E-state index in [-0.39, 0.29) is 24.2 Å². The maximum atomic E-state index is 12.1. The highest BCUT2D eigenvalue weighted by Gasteiger charge is 2.20. The van der Waals surface area contributed by atoms with E-state index < -0.39 is 0 Å². The molecule has 21 heavy (non-hydrogen) atoms. The van der Waals surface area contributed by atoms with Crippen LogP contribution in [0, 0.1) is 5.92 Å². The van der Waals surface area contributed by atoms with E-state index in [0.29, 0.717) is 13.2 Å². The summed E-state index contributed by atoms with van der Waals surface area (Å²) >= 11 is 0. The predicted octanol–water partition coefficient (Wildman–Crippen LogP) is 2.07. The molecule has 1 fully saturated rings. The third kappa shape index (κ3) is 5.91. The van der Waals surface area contributed by atoms with Crippen molar-refractivity contribution in [1.29, 1.82) is 0 Å². The Balaban J connectivity index is 0.00000220. The van der Waals surface area contributed by atoms with Crippen molar-refractivity contribution in [3.63, 3.8) is 0 Å². The molecule has 0 aromatic heterocycles. The van der Waals surface area contributed by atoms with Gasteiger partial charge in [0.15, 0.2) is 0 Å². The van der Waals surface area contributed by atoms with Crippen LogP contribution in [0.2, 0.25) is 0 Å². The van der Waals surface area contributed by atoms with Gasteiger partial charge in [0.25, 0.3) is 0 Å². The Morgan fingerprint density at radius 1 is 1.33 bits per heavy atom. The summed E-state index contributed by atoms with van der Waals surface area (Å²) in [7, 11) is 1.64. The van der Waals surface area contributed by atoms with Gasteiger partial charge in [-0.15, -0.1) is 12.4 Å². The molecule has 1 aromatic carbocycles. The van der Waals surface area contributed by atoms with Crippen LogP contribution >= 0.6 is 12.4 Å².